The molecular weight excluding hydrogens is 284 g/mol. The van der Waals surface area contributed by atoms with Crippen molar-refractivity contribution in [2.45, 2.75) is 25.6 Å². The van der Waals surface area contributed by atoms with Crippen LogP contribution in [0.1, 0.15) is 19.4 Å². The van der Waals surface area contributed by atoms with E-state index in [4.69, 9.17) is 10.5 Å². The molecule has 0 atom stereocenters. The van der Waals surface area contributed by atoms with Crippen LogP contribution in [0.2, 0.25) is 0 Å². The van der Waals surface area contributed by atoms with Crippen molar-refractivity contribution in [3.05, 3.63) is 33.9 Å². The predicted molar refractivity (Wildman–Crippen MR) is 75.4 cm³/mol. The number of nitrogens with zero attached hydrogens (tertiary/aromatic N) is 1. The van der Waals surface area contributed by atoms with Gasteiger partial charge in [-0.3, -0.25) is 10.1 Å². The van der Waals surface area contributed by atoms with E-state index in [1.165, 1.54) is 18.2 Å². The highest BCUT2D eigenvalue weighted by Gasteiger charge is 2.19. The van der Waals surface area contributed by atoms with Crippen LogP contribution in [0.25, 0.3) is 0 Å². The average molecular weight is 302 g/mol. The maximum atomic E-state index is 11.6. The number of nitro groups is 1. The van der Waals surface area contributed by atoms with Crippen LogP contribution >= 0.6 is 0 Å². The van der Waals surface area contributed by atoms with Crippen LogP contribution in [0.15, 0.2) is 18.2 Å². The van der Waals surface area contributed by atoms with Gasteiger partial charge in [-0.25, -0.2) is 8.42 Å². The molecule has 0 amide bonds. The molecule has 0 aliphatic heterocycles. The second kappa shape index (κ2) is 6.67. The van der Waals surface area contributed by atoms with Crippen molar-refractivity contribution < 1.29 is 18.1 Å². The molecule has 20 heavy (non-hydrogen) atoms. The van der Waals surface area contributed by atoms with E-state index in [1.807, 2.05) is 0 Å². The van der Waals surface area contributed by atoms with Crippen LogP contribution < -0.4 is 10.5 Å². The molecule has 1 aromatic carbocycles. The Morgan fingerprint density at radius 3 is 2.55 bits per heavy atom. The van der Waals surface area contributed by atoms with Gasteiger partial charge in [-0.2, -0.15) is 0 Å². The number of hydrogen-bond donors (Lipinski definition) is 1. The van der Waals surface area contributed by atoms with Gasteiger partial charge in [0.05, 0.1) is 15.9 Å². The Hall–Kier alpha value is -1.67. The number of sulfone groups is 1. The number of hydrogen-bond acceptors (Lipinski definition) is 6. The first-order valence-corrected chi connectivity index (χ1v) is 7.81. The molecule has 0 radical (unpaired) electrons. The van der Waals surface area contributed by atoms with Gasteiger partial charge in [0.25, 0.3) is 0 Å². The molecule has 0 aromatic heterocycles. The van der Waals surface area contributed by atoms with E-state index >= 15 is 0 Å². The van der Waals surface area contributed by atoms with Crippen molar-refractivity contribution in [3.8, 4) is 5.75 Å². The van der Waals surface area contributed by atoms with E-state index in [9.17, 15) is 18.5 Å². The molecule has 1 rings (SSSR count). The summed E-state index contributed by atoms with van der Waals surface area (Å²) >= 11 is 0. The lowest BCUT2D eigenvalue weighted by Crippen LogP contribution is -2.22. The summed E-state index contributed by atoms with van der Waals surface area (Å²) in [5.41, 5.74) is 5.93. The molecule has 0 spiro atoms. The highest BCUT2D eigenvalue weighted by atomic mass is 32.2. The Morgan fingerprint density at radius 2 is 2.05 bits per heavy atom. The highest BCUT2D eigenvalue weighted by Crippen LogP contribution is 2.27. The fourth-order valence-corrected chi connectivity index (χ4v) is 2.24. The summed E-state index contributed by atoms with van der Waals surface area (Å²) in [4.78, 5) is 10.3. The third-order valence-corrected chi connectivity index (χ3v) is 4.97. The lowest BCUT2D eigenvalue weighted by Gasteiger charge is -2.10. The first-order valence-electron chi connectivity index (χ1n) is 6.09. The van der Waals surface area contributed by atoms with Gasteiger partial charge in [-0.05, 0) is 25.5 Å². The normalized spacial score (nSPS) is 11.6. The number of rotatable bonds is 7. The van der Waals surface area contributed by atoms with Gasteiger partial charge >= 0.3 is 5.69 Å². The minimum absolute atomic E-state index is 0.0388. The van der Waals surface area contributed by atoms with E-state index in [2.05, 4.69) is 0 Å². The summed E-state index contributed by atoms with van der Waals surface area (Å²) in [5.74, 6) is -0.147. The molecule has 0 saturated carbocycles. The fraction of sp³-hybridized carbons (Fsp3) is 0.500. The van der Waals surface area contributed by atoms with Gasteiger partial charge < -0.3 is 10.5 Å². The second-order valence-electron chi connectivity index (χ2n) is 4.53. The molecule has 0 heterocycles. The zero-order valence-corrected chi connectivity index (χ0v) is 12.2. The SMILES string of the molecule is CC(C)S(=O)(=O)CCOc1cc(CN)ccc1[N+](=O)[O-]. The number of ether oxygens (including phenoxy) is 1. The minimum Gasteiger partial charge on any atom is -0.486 e. The summed E-state index contributed by atoms with van der Waals surface area (Å²) in [6.45, 7) is 3.24. The van der Waals surface area contributed by atoms with E-state index in [1.54, 1.807) is 13.8 Å². The Balaban J connectivity index is 2.84. The smallest absolute Gasteiger partial charge is 0.310 e. The molecule has 1 aromatic rings. The zero-order valence-electron chi connectivity index (χ0n) is 11.4. The van der Waals surface area contributed by atoms with Crippen molar-refractivity contribution in [1.29, 1.82) is 0 Å². The largest absolute Gasteiger partial charge is 0.486 e. The van der Waals surface area contributed by atoms with Crippen LogP contribution in [0.3, 0.4) is 0 Å². The van der Waals surface area contributed by atoms with Gasteiger partial charge in [-0.1, -0.05) is 6.07 Å². The molecule has 7 nitrogen and oxygen atoms in total. The molecule has 0 aliphatic carbocycles. The monoisotopic (exact) mass is 302 g/mol. The van der Waals surface area contributed by atoms with Gasteiger partial charge in [0.1, 0.15) is 6.61 Å². The zero-order chi connectivity index (χ0) is 15.3. The molecule has 0 unspecified atom stereocenters. The lowest BCUT2D eigenvalue weighted by molar-refractivity contribution is -0.385. The maximum Gasteiger partial charge on any atom is 0.310 e. The van der Waals surface area contributed by atoms with Gasteiger partial charge in [0.15, 0.2) is 15.6 Å². The summed E-state index contributed by atoms with van der Waals surface area (Å²) in [5, 5.41) is 10.4. The van der Waals surface area contributed by atoms with Crippen LogP contribution in [0, 0.1) is 10.1 Å². The Bertz CT molecular complexity index is 584. The van der Waals surface area contributed by atoms with E-state index < -0.39 is 20.0 Å². The topological polar surface area (TPSA) is 113 Å². The number of nitrogens with two attached hydrogens (primary N) is 1. The molecule has 0 fully saturated rings. The van der Waals surface area contributed by atoms with Crippen molar-refractivity contribution in [3.63, 3.8) is 0 Å². The first kappa shape index (κ1) is 16.4. The molecule has 8 heteroatoms. The van der Waals surface area contributed by atoms with Crippen LogP contribution in [0.4, 0.5) is 5.69 Å². The lowest BCUT2D eigenvalue weighted by atomic mass is 10.2. The molecule has 0 bridgehead atoms. The second-order valence-corrected chi connectivity index (χ2v) is 7.20. The first-order chi connectivity index (χ1) is 9.27. The molecule has 2 N–H and O–H groups in total. The fourth-order valence-electron chi connectivity index (χ4n) is 1.46. The Labute approximate surface area is 117 Å². The predicted octanol–water partition coefficient (Wildman–Crippen LogP) is 1.26. The number of benzene rings is 1. The van der Waals surface area contributed by atoms with Gasteiger partial charge in [0, 0.05) is 12.6 Å². The summed E-state index contributed by atoms with van der Waals surface area (Å²) < 4.78 is 28.5. The van der Waals surface area contributed by atoms with E-state index in [-0.39, 0.29) is 30.3 Å². The Kier molecular flexibility index (Phi) is 5.46. The third kappa shape index (κ3) is 4.17. The Morgan fingerprint density at radius 1 is 1.40 bits per heavy atom. The molecule has 0 saturated heterocycles. The molecule has 112 valence electrons. The summed E-state index contributed by atoms with van der Waals surface area (Å²) in [6.07, 6.45) is 0. The minimum atomic E-state index is -3.24. The van der Waals surface area contributed by atoms with E-state index in [0.29, 0.717) is 5.56 Å². The molecule has 0 aliphatic rings. The maximum absolute atomic E-state index is 11.6. The summed E-state index contributed by atoms with van der Waals surface area (Å²) in [6, 6.07) is 4.30. The quantitative estimate of drug-likeness (QED) is 0.599. The van der Waals surface area contributed by atoms with Crippen molar-refractivity contribution in [2.24, 2.45) is 5.73 Å². The highest BCUT2D eigenvalue weighted by molar-refractivity contribution is 7.91. The summed E-state index contributed by atoms with van der Waals surface area (Å²) in [7, 11) is -3.24. The van der Waals surface area contributed by atoms with Crippen molar-refractivity contribution in [1.82, 2.24) is 0 Å². The van der Waals surface area contributed by atoms with Crippen molar-refractivity contribution in [2.75, 3.05) is 12.4 Å². The van der Waals surface area contributed by atoms with Crippen LogP contribution in [0.5, 0.6) is 5.75 Å². The average Bonchev–Trinajstić information content (AvgIpc) is 2.37. The third-order valence-electron chi connectivity index (χ3n) is 2.80. The van der Waals surface area contributed by atoms with Crippen LogP contribution in [-0.4, -0.2) is 31.0 Å². The van der Waals surface area contributed by atoms with Crippen LogP contribution in [-0.2, 0) is 16.4 Å². The van der Waals surface area contributed by atoms with Gasteiger partial charge in [-0.15, -0.1) is 0 Å². The number of nitro benzene ring substituents is 1. The standard InChI is InChI=1S/C12H18N2O5S/c1-9(2)20(17,18)6-5-19-12-7-10(8-13)3-4-11(12)14(15)16/h3-4,7,9H,5-6,8,13H2,1-2H3. The van der Waals surface area contributed by atoms with Gasteiger partial charge in [0.2, 0.25) is 0 Å². The van der Waals surface area contributed by atoms with Crippen molar-refractivity contribution >= 4 is 15.5 Å². The van der Waals surface area contributed by atoms with E-state index in [0.717, 1.165) is 0 Å². The molecular formula is C12H18N2O5S.